The first kappa shape index (κ1) is 8.39. The molecule has 0 aliphatic heterocycles. The van der Waals surface area contributed by atoms with Gasteiger partial charge in [-0.3, -0.25) is 4.79 Å². The van der Waals surface area contributed by atoms with Crippen LogP contribution >= 0.6 is 0 Å². The zero-order valence-corrected chi connectivity index (χ0v) is 6.70. The Bertz CT molecular complexity index is 286. The van der Waals surface area contributed by atoms with Crippen LogP contribution in [0.4, 0.5) is 11.4 Å². The van der Waals surface area contributed by atoms with Crippen LogP contribution < -0.4 is 15.8 Å². The van der Waals surface area contributed by atoms with Crippen LogP contribution in [0.1, 0.15) is 0 Å². The Morgan fingerprint density at radius 1 is 1.58 bits per heavy atom. The standard InChI is InChI=1S/C8H10N2O2/c1-10-7-4-6(9)2-3-8(7)12-5-11/h2-5,10H,9H2,1H3. The first-order valence-corrected chi connectivity index (χ1v) is 3.45. The van der Waals surface area contributed by atoms with E-state index in [0.717, 1.165) is 0 Å². The number of rotatable bonds is 3. The Hall–Kier alpha value is -1.71. The number of nitrogen functional groups attached to an aromatic ring is 1. The van der Waals surface area contributed by atoms with Gasteiger partial charge in [-0.2, -0.15) is 0 Å². The summed E-state index contributed by atoms with van der Waals surface area (Å²) in [5.41, 5.74) is 6.83. The predicted molar refractivity (Wildman–Crippen MR) is 47.1 cm³/mol. The molecule has 4 nitrogen and oxygen atoms in total. The van der Waals surface area contributed by atoms with Crippen molar-refractivity contribution in [1.82, 2.24) is 0 Å². The highest BCUT2D eigenvalue weighted by Gasteiger charge is 2.00. The van der Waals surface area contributed by atoms with Crippen molar-refractivity contribution in [3.63, 3.8) is 0 Å². The largest absolute Gasteiger partial charge is 0.427 e. The first-order chi connectivity index (χ1) is 5.77. The molecule has 0 bridgehead atoms. The Morgan fingerprint density at radius 2 is 2.33 bits per heavy atom. The van der Waals surface area contributed by atoms with Crippen LogP contribution in [0.3, 0.4) is 0 Å². The van der Waals surface area contributed by atoms with Gasteiger partial charge in [0.05, 0.1) is 5.69 Å². The minimum absolute atomic E-state index is 0.381. The van der Waals surface area contributed by atoms with E-state index in [9.17, 15) is 4.79 Å². The van der Waals surface area contributed by atoms with Crippen LogP contribution in [0.15, 0.2) is 18.2 Å². The molecule has 0 atom stereocenters. The SMILES string of the molecule is CNc1cc(N)ccc1OC=O. The van der Waals surface area contributed by atoms with Crippen molar-refractivity contribution in [3.05, 3.63) is 18.2 Å². The van der Waals surface area contributed by atoms with Gasteiger partial charge >= 0.3 is 0 Å². The predicted octanol–water partition coefficient (Wildman–Crippen LogP) is 0.846. The smallest absolute Gasteiger partial charge is 0.298 e. The maximum Gasteiger partial charge on any atom is 0.298 e. The van der Waals surface area contributed by atoms with Gasteiger partial charge in [-0.15, -0.1) is 0 Å². The molecule has 0 saturated carbocycles. The molecule has 0 spiro atoms. The molecule has 1 aromatic rings. The summed E-state index contributed by atoms with van der Waals surface area (Å²) in [6.45, 7) is 0.381. The monoisotopic (exact) mass is 166 g/mol. The molecule has 0 aromatic heterocycles. The number of nitrogens with one attached hydrogen (secondary N) is 1. The molecule has 64 valence electrons. The molecule has 0 radical (unpaired) electrons. The Labute approximate surface area is 70.3 Å². The van der Waals surface area contributed by atoms with Crippen LogP contribution in [0, 0.1) is 0 Å². The highest BCUT2D eigenvalue weighted by atomic mass is 16.5. The fraction of sp³-hybridized carbons (Fsp3) is 0.125. The number of ether oxygens (including phenoxy) is 1. The Balaban J connectivity index is 3.01. The van der Waals surface area contributed by atoms with Gasteiger partial charge in [0.2, 0.25) is 0 Å². The van der Waals surface area contributed by atoms with E-state index >= 15 is 0 Å². The van der Waals surface area contributed by atoms with Gasteiger partial charge in [-0.05, 0) is 18.2 Å². The minimum Gasteiger partial charge on any atom is -0.427 e. The normalized spacial score (nSPS) is 9.08. The lowest BCUT2D eigenvalue weighted by molar-refractivity contribution is -0.120. The molecule has 0 heterocycles. The van der Waals surface area contributed by atoms with E-state index < -0.39 is 0 Å². The highest BCUT2D eigenvalue weighted by molar-refractivity contribution is 5.65. The Kier molecular flexibility index (Phi) is 2.53. The van der Waals surface area contributed by atoms with E-state index in [1.807, 2.05) is 0 Å². The maximum atomic E-state index is 10.0. The summed E-state index contributed by atoms with van der Waals surface area (Å²) in [6.07, 6.45) is 0. The van der Waals surface area contributed by atoms with Gasteiger partial charge in [-0.1, -0.05) is 0 Å². The number of carbonyl (C=O) groups is 1. The molecule has 3 N–H and O–H groups in total. The summed E-state index contributed by atoms with van der Waals surface area (Å²) in [5, 5.41) is 2.86. The number of hydrogen-bond donors (Lipinski definition) is 2. The number of hydrogen-bond acceptors (Lipinski definition) is 4. The van der Waals surface area contributed by atoms with Crippen molar-refractivity contribution in [2.75, 3.05) is 18.1 Å². The molecule has 1 rings (SSSR count). The van der Waals surface area contributed by atoms with Crippen LogP contribution in [0.5, 0.6) is 5.75 Å². The zero-order valence-electron chi connectivity index (χ0n) is 6.70. The number of carbonyl (C=O) groups excluding carboxylic acids is 1. The summed E-state index contributed by atoms with van der Waals surface area (Å²) >= 11 is 0. The average Bonchev–Trinajstić information content (AvgIpc) is 2.08. The van der Waals surface area contributed by atoms with E-state index in [1.54, 1.807) is 25.2 Å². The Morgan fingerprint density at radius 3 is 2.92 bits per heavy atom. The first-order valence-electron chi connectivity index (χ1n) is 3.45. The zero-order chi connectivity index (χ0) is 8.97. The second-order valence-corrected chi connectivity index (χ2v) is 2.22. The van der Waals surface area contributed by atoms with Crippen molar-refractivity contribution in [2.24, 2.45) is 0 Å². The molecule has 0 unspecified atom stereocenters. The van der Waals surface area contributed by atoms with Gasteiger partial charge in [0.1, 0.15) is 0 Å². The van der Waals surface area contributed by atoms with E-state index in [0.29, 0.717) is 23.6 Å². The summed E-state index contributed by atoms with van der Waals surface area (Å²) in [6, 6.07) is 4.99. The fourth-order valence-corrected chi connectivity index (χ4v) is 0.898. The van der Waals surface area contributed by atoms with Crippen LogP contribution in [-0.2, 0) is 4.79 Å². The molecule has 0 amide bonds. The number of nitrogens with two attached hydrogens (primary N) is 1. The third kappa shape index (κ3) is 1.66. The lowest BCUT2D eigenvalue weighted by Gasteiger charge is -2.06. The van der Waals surface area contributed by atoms with Gasteiger partial charge < -0.3 is 15.8 Å². The molecule has 4 heteroatoms. The molecule has 0 saturated heterocycles. The molecule has 1 aromatic carbocycles. The lowest BCUT2D eigenvalue weighted by Crippen LogP contribution is -1.97. The fourth-order valence-electron chi connectivity index (χ4n) is 0.898. The summed E-state index contributed by atoms with van der Waals surface area (Å²) in [7, 11) is 1.73. The van der Waals surface area contributed by atoms with E-state index in [2.05, 4.69) is 10.1 Å². The van der Waals surface area contributed by atoms with Gasteiger partial charge in [0.25, 0.3) is 6.47 Å². The number of anilines is 2. The van der Waals surface area contributed by atoms with Crippen molar-refractivity contribution in [3.8, 4) is 5.75 Å². The quantitative estimate of drug-likeness (QED) is 0.516. The van der Waals surface area contributed by atoms with Crippen molar-refractivity contribution in [2.45, 2.75) is 0 Å². The van der Waals surface area contributed by atoms with Gasteiger partial charge in [0.15, 0.2) is 5.75 Å². The van der Waals surface area contributed by atoms with Crippen LogP contribution in [0.25, 0.3) is 0 Å². The van der Waals surface area contributed by atoms with Crippen molar-refractivity contribution >= 4 is 17.8 Å². The van der Waals surface area contributed by atoms with Crippen molar-refractivity contribution < 1.29 is 9.53 Å². The molecular weight excluding hydrogens is 156 g/mol. The summed E-state index contributed by atoms with van der Waals surface area (Å²) < 4.78 is 4.68. The van der Waals surface area contributed by atoms with Crippen LogP contribution in [0.2, 0.25) is 0 Å². The minimum atomic E-state index is 0.381. The van der Waals surface area contributed by atoms with E-state index in [-0.39, 0.29) is 0 Å². The summed E-state index contributed by atoms with van der Waals surface area (Å²) in [4.78, 5) is 10.0. The molecular formula is C8H10N2O2. The third-order valence-corrected chi connectivity index (χ3v) is 1.45. The average molecular weight is 166 g/mol. The number of benzene rings is 1. The second-order valence-electron chi connectivity index (χ2n) is 2.22. The van der Waals surface area contributed by atoms with Gasteiger partial charge in [-0.25, -0.2) is 0 Å². The maximum absolute atomic E-state index is 10.0. The molecule has 0 aliphatic rings. The van der Waals surface area contributed by atoms with Gasteiger partial charge in [0, 0.05) is 12.7 Å². The molecule has 0 fully saturated rings. The second kappa shape index (κ2) is 3.61. The summed E-state index contributed by atoms with van der Waals surface area (Å²) in [5.74, 6) is 0.474. The van der Waals surface area contributed by atoms with Crippen LogP contribution in [-0.4, -0.2) is 13.5 Å². The van der Waals surface area contributed by atoms with E-state index in [1.165, 1.54) is 0 Å². The third-order valence-electron chi connectivity index (χ3n) is 1.45. The lowest BCUT2D eigenvalue weighted by atomic mass is 10.2. The van der Waals surface area contributed by atoms with E-state index in [4.69, 9.17) is 5.73 Å². The molecule has 12 heavy (non-hydrogen) atoms. The molecule has 0 aliphatic carbocycles. The van der Waals surface area contributed by atoms with Crippen molar-refractivity contribution in [1.29, 1.82) is 0 Å². The topological polar surface area (TPSA) is 64.3 Å². The highest BCUT2D eigenvalue weighted by Crippen LogP contribution is 2.25.